The fraction of sp³-hybridized carbons (Fsp3) is 0.315. The van der Waals surface area contributed by atoms with Crippen molar-refractivity contribution < 1.29 is 47.5 Å². The van der Waals surface area contributed by atoms with Gasteiger partial charge >= 0.3 is 0 Å². The highest BCUT2D eigenvalue weighted by Gasteiger charge is 2.30. The van der Waals surface area contributed by atoms with Gasteiger partial charge in [-0.3, -0.25) is 43.3 Å². The third kappa shape index (κ3) is 20.5. The van der Waals surface area contributed by atoms with Crippen LogP contribution in [-0.2, 0) is 11.3 Å². The number of primary amides is 1. The van der Waals surface area contributed by atoms with Crippen molar-refractivity contribution in [3.8, 4) is 0 Å². The van der Waals surface area contributed by atoms with E-state index in [0.717, 1.165) is 126 Å². The van der Waals surface area contributed by atoms with Crippen LogP contribution in [0.3, 0.4) is 0 Å². The van der Waals surface area contributed by atoms with E-state index in [2.05, 4.69) is 104 Å². The van der Waals surface area contributed by atoms with Gasteiger partial charge in [-0.2, -0.15) is 20.4 Å². The summed E-state index contributed by atoms with van der Waals surface area (Å²) in [6.07, 6.45) is 23.7. The molecule has 0 spiro atoms. The molecule has 0 aliphatic heterocycles. The number of carbonyl (C=O) groups excluding carboxylic acids is 8. The average Bonchev–Trinajstić information content (AvgIpc) is 1.76. The van der Waals surface area contributed by atoms with E-state index in [-0.39, 0.29) is 59.6 Å². The molecule has 8 amide bonds. The summed E-state index contributed by atoms with van der Waals surface area (Å²) in [4.78, 5) is 121. The first-order chi connectivity index (χ1) is 59.8. The first-order valence-corrected chi connectivity index (χ1v) is 41.1. The van der Waals surface area contributed by atoms with Crippen LogP contribution in [0.15, 0.2) is 141 Å². The Morgan fingerprint density at radius 2 is 0.718 bits per heavy atom. The van der Waals surface area contributed by atoms with Gasteiger partial charge in [0.15, 0.2) is 23.3 Å². The number of nitrogens with zero attached hydrogens (tertiary/aromatic N) is 13. The molecule has 35 heteroatoms. The number of aryl methyl sites for hydroxylation is 8. The van der Waals surface area contributed by atoms with E-state index in [1.807, 2.05) is 103 Å². The number of nitrogens with one attached hydrogen (secondary N) is 11. The van der Waals surface area contributed by atoms with E-state index in [1.54, 1.807) is 82.0 Å². The zero-order valence-corrected chi connectivity index (χ0v) is 70.4. The number of carbonyl (C=O) groups is 8. The number of rotatable bonds is 28. The van der Waals surface area contributed by atoms with Crippen molar-refractivity contribution in [2.24, 2.45) is 5.73 Å². The lowest BCUT2D eigenvalue weighted by Gasteiger charge is -2.12. The Labute approximate surface area is 712 Å². The number of hydrogen-bond acceptors (Lipinski definition) is 22. The Morgan fingerprint density at radius 1 is 0.411 bits per heavy atom. The molecule has 0 atom stereocenters. The Morgan fingerprint density at radius 3 is 1.02 bits per heavy atom. The average molecular weight is 1680 g/mol. The van der Waals surface area contributed by atoms with Crippen molar-refractivity contribution in [1.29, 1.82) is 0 Å². The summed E-state index contributed by atoms with van der Waals surface area (Å²) in [6.45, 7) is 18.9. The maximum Gasteiger partial charge on any atom is 0.253 e. The molecule has 34 nitrogen and oxygen atoms in total. The van der Waals surface area contributed by atoms with Gasteiger partial charge < -0.3 is 69.0 Å². The maximum absolute atomic E-state index is 13.9. The Bertz CT molecular complexity index is 6280. The van der Waals surface area contributed by atoms with E-state index in [0.29, 0.717) is 133 Å². The monoisotopic (exact) mass is 1680 g/mol. The normalized spacial score (nSPS) is 13.2. The number of fused-ring (bicyclic) bond motifs is 4. The number of benzene rings is 4. The standard InChI is InChI=1S/C25H24FN7O2.C23H28N6O3.C22H26N6O2.C19H20N6O2/c1-14-5-6-16(24(34)31-17-7-8-17)10-20(14)32-23-22-15(2)18(12-33(22)30-13-29-23)25(35)28-11-21-19(26)4-3-9-27-21;1-14-5-6-16(22(30)27-17-7-8-17)11-19(14)28-21-20-15(2)18(12-29(20)26-13-25-21)23(31)24-9-4-10-32-3;1-4-9-23-22(30)17-11-28-19(14(17)3)20(24-12-25-28)27-18-10-15(6-5-13(18)2)21(29)26-16-7-8-16;1-10-3-4-12(19(27)23-13-5-6-13)7-15(10)24-18-16-11(2)14(17(20)26)8-25(16)22-9-21-18/h3-6,9-10,12-13,17H,7-8,11H2,1-2H3,(H,28,35)(H,31,34)(H,29,30,32);5-6,11-13,17H,4,7-10H2,1-3H3,(H,24,31)(H,27,30)(H,25,26,28);5-6,10-12,16H,4,7-9H2,1-3H3,(H,23,30)(H,26,29)(H,24,25,27);3-4,7-9,13H,5-6H2,1-2H3,(H2,20,26)(H,23,27)(H,21,22,24). The van der Waals surface area contributed by atoms with Crippen molar-refractivity contribution in [1.82, 2.24) is 101 Å². The summed E-state index contributed by atoms with van der Waals surface area (Å²) < 4.78 is 25.3. The molecule has 4 fully saturated rings. The quantitative estimate of drug-likeness (QED) is 0.0203. The molecule has 0 bridgehead atoms. The third-order valence-corrected chi connectivity index (χ3v) is 21.6. The topological polar surface area (TPSA) is 438 Å². The molecule has 0 radical (unpaired) electrons. The number of amides is 8. The van der Waals surface area contributed by atoms with Gasteiger partial charge in [-0.1, -0.05) is 31.2 Å². The predicted octanol–water partition coefficient (Wildman–Crippen LogP) is 11.4. The highest BCUT2D eigenvalue weighted by atomic mass is 19.1. The lowest BCUT2D eigenvalue weighted by atomic mass is 10.1. The molecule has 4 aliphatic rings. The first-order valence-electron chi connectivity index (χ1n) is 41.1. The van der Waals surface area contributed by atoms with Gasteiger partial charge in [-0.15, -0.1) is 0 Å². The van der Waals surface area contributed by atoms with Crippen LogP contribution in [0, 0.1) is 61.2 Å². The fourth-order valence-electron chi connectivity index (χ4n) is 13.7. The van der Waals surface area contributed by atoms with Crippen molar-refractivity contribution >= 4 is 115 Å². The largest absolute Gasteiger partial charge is 0.385 e. The van der Waals surface area contributed by atoms with Crippen molar-refractivity contribution in [3.63, 3.8) is 0 Å². The summed E-state index contributed by atoms with van der Waals surface area (Å²) in [5.41, 5.74) is 22.4. The van der Waals surface area contributed by atoms with Gasteiger partial charge in [-0.25, -0.2) is 42.4 Å². The summed E-state index contributed by atoms with van der Waals surface area (Å²) in [7, 11) is 1.64. The predicted molar refractivity (Wildman–Crippen MR) is 466 cm³/mol. The van der Waals surface area contributed by atoms with Crippen LogP contribution in [-0.4, -0.2) is 162 Å². The highest BCUT2D eigenvalue weighted by molar-refractivity contribution is 6.04. The van der Waals surface area contributed by atoms with Crippen molar-refractivity contribution in [2.45, 2.75) is 157 Å². The number of halogens is 1. The van der Waals surface area contributed by atoms with Gasteiger partial charge in [0.05, 0.1) is 34.5 Å². The molecular formula is C89H98FN25O9. The van der Waals surface area contributed by atoms with Gasteiger partial charge in [0.1, 0.15) is 53.2 Å². The summed E-state index contributed by atoms with van der Waals surface area (Å²) in [5, 5.41) is 50.7. The number of hydrogen-bond donors (Lipinski definition) is 12. The second-order valence-electron chi connectivity index (χ2n) is 31.2. The Hall–Kier alpha value is -14.6. The number of nitrogens with two attached hydrogens (primary N) is 1. The maximum atomic E-state index is 13.9. The zero-order chi connectivity index (χ0) is 87.6. The molecule has 124 heavy (non-hydrogen) atoms. The second-order valence-corrected chi connectivity index (χ2v) is 31.2. The van der Waals surface area contributed by atoms with Gasteiger partial charge in [0, 0.05) is 127 Å². The van der Waals surface area contributed by atoms with E-state index in [4.69, 9.17) is 10.5 Å². The molecule has 4 saturated carbocycles. The van der Waals surface area contributed by atoms with E-state index >= 15 is 0 Å². The lowest BCUT2D eigenvalue weighted by Crippen LogP contribution is -2.25. The molecule has 17 rings (SSSR count). The number of methoxy groups -OCH3 is 1. The number of aromatic nitrogens is 13. The molecule has 640 valence electrons. The minimum absolute atomic E-state index is 0.0389. The van der Waals surface area contributed by atoms with Crippen LogP contribution < -0.4 is 64.2 Å². The molecule has 13 N–H and O–H groups in total. The summed E-state index contributed by atoms with van der Waals surface area (Å²) >= 11 is 0. The van der Waals surface area contributed by atoms with Crippen LogP contribution in [0.5, 0.6) is 0 Å². The van der Waals surface area contributed by atoms with Gasteiger partial charge in [-0.05, 0) is 225 Å². The van der Waals surface area contributed by atoms with E-state index in [9.17, 15) is 42.7 Å². The molecule has 9 heterocycles. The van der Waals surface area contributed by atoms with Gasteiger partial charge in [0.25, 0.3) is 47.3 Å². The van der Waals surface area contributed by atoms with Crippen LogP contribution in [0.4, 0.5) is 50.4 Å². The fourth-order valence-corrected chi connectivity index (χ4v) is 13.7. The SMILES string of the molecule is CCCNC(=O)c1cn2ncnc(Nc3cc(C(=O)NC4CC4)ccc3C)c2c1C.COCCCNC(=O)c1cn2ncnc(Nc3cc(C(=O)NC4CC4)ccc3C)c2c1C.Cc1ccc(C(=O)NC2CC2)cc1Nc1ncnn2cc(C(=O)NCc3ncccc3F)c(C)c12.Cc1ccc(C(=O)NC2CC2)cc1Nc1ncnn2cc(C(N)=O)c(C)c12. The van der Waals surface area contributed by atoms with E-state index in [1.165, 1.54) is 43.6 Å². The Kier molecular flexibility index (Phi) is 26.3. The minimum atomic E-state index is -0.515. The Balaban J connectivity index is 0.000000135. The molecule has 9 aromatic heterocycles. The third-order valence-electron chi connectivity index (χ3n) is 21.6. The van der Waals surface area contributed by atoms with Crippen LogP contribution in [0.25, 0.3) is 22.1 Å². The molecule has 4 aliphatic carbocycles. The lowest BCUT2D eigenvalue weighted by molar-refractivity contribution is 0.0940. The second kappa shape index (κ2) is 38.0. The number of pyridine rings is 1. The van der Waals surface area contributed by atoms with Crippen molar-refractivity contribution in [3.05, 3.63) is 242 Å². The molecule has 4 aromatic carbocycles. The van der Waals surface area contributed by atoms with E-state index < -0.39 is 11.7 Å². The number of anilines is 8. The summed E-state index contributed by atoms with van der Waals surface area (Å²) in [6, 6.07) is 26.1. The molecule has 0 unspecified atom stereocenters. The van der Waals surface area contributed by atoms with Crippen LogP contribution in [0.2, 0.25) is 0 Å². The first kappa shape index (κ1) is 85.8. The summed E-state index contributed by atoms with van der Waals surface area (Å²) in [5.74, 6) is 0.202. The van der Waals surface area contributed by atoms with Crippen molar-refractivity contribution in [2.75, 3.05) is 48.1 Å². The zero-order valence-electron chi connectivity index (χ0n) is 70.4. The minimum Gasteiger partial charge on any atom is -0.385 e. The number of ether oxygens (including phenoxy) is 1. The highest BCUT2D eigenvalue weighted by Crippen LogP contribution is 2.35. The molecule has 0 saturated heterocycles. The van der Waals surface area contributed by atoms with Crippen LogP contribution in [0.1, 0.15) is 204 Å². The van der Waals surface area contributed by atoms with Gasteiger partial charge in [0.2, 0.25) is 0 Å². The van der Waals surface area contributed by atoms with Crippen LogP contribution >= 0.6 is 0 Å². The smallest absolute Gasteiger partial charge is 0.253 e. The molecular weight excluding hydrogens is 1580 g/mol. The molecule has 13 aromatic rings.